The van der Waals surface area contributed by atoms with Crippen molar-refractivity contribution in [1.29, 1.82) is 0 Å². The highest BCUT2D eigenvalue weighted by Gasteiger charge is 2.46. The Bertz CT molecular complexity index is 544. The van der Waals surface area contributed by atoms with E-state index in [0.717, 1.165) is 25.9 Å². The highest BCUT2D eigenvalue weighted by Crippen LogP contribution is 2.46. The molecule has 1 spiro atoms. The number of piperidine rings is 1. The van der Waals surface area contributed by atoms with Gasteiger partial charge >= 0.3 is 5.97 Å². The zero-order valence-electron chi connectivity index (χ0n) is 12.6. The normalized spacial score (nSPS) is 29.2. The Balaban J connectivity index is 1.85. The van der Waals surface area contributed by atoms with Crippen LogP contribution in [0.15, 0.2) is 0 Å². The molecular weight excluding hydrogens is 272 g/mol. The number of methoxy groups -OCH3 is 1. The second-order valence-electron chi connectivity index (χ2n) is 6.17. The summed E-state index contributed by atoms with van der Waals surface area (Å²) in [6.07, 6.45) is 6.04. The van der Waals surface area contributed by atoms with Gasteiger partial charge in [0.05, 0.1) is 6.10 Å². The van der Waals surface area contributed by atoms with E-state index in [4.69, 9.17) is 9.84 Å². The molecule has 2 fully saturated rings. The van der Waals surface area contributed by atoms with Gasteiger partial charge in [-0.3, -0.25) is 0 Å². The number of aryl methyl sites for hydroxylation is 1. The summed E-state index contributed by atoms with van der Waals surface area (Å²) in [6, 6.07) is 0. The SMILES string of the molecule is CO[C@@H]1CCC[C@@]12CCCN(c1nc(C(=O)O)nn1C)C2. The van der Waals surface area contributed by atoms with Crippen molar-refractivity contribution in [2.24, 2.45) is 12.5 Å². The fourth-order valence-electron chi connectivity index (χ4n) is 4.01. The highest BCUT2D eigenvalue weighted by atomic mass is 16.5. The van der Waals surface area contributed by atoms with Crippen molar-refractivity contribution in [1.82, 2.24) is 14.8 Å². The van der Waals surface area contributed by atoms with Crippen LogP contribution < -0.4 is 4.90 Å². The topological polar surface area (TPSA) is 80.5 Å². The quantitative estimate of drug-likeness (QED) is 0.905. The van der Waals surface area contributed by atoms with Gasteiger partial charge in [-0.25, -0.2) is 9.48 Å². The lowest BCUT2D eigenvalue weighted by Crippen LogP contribution is -2.48. The van der Waals surface area contributed by atoms with Crippen LogP contribution >= 0.6 is 0 Å². The van der Waals surface area contributed by atoms with E-state index >= 15 is 0 Å². The van der Waals surface area contributed by atoms with Crippen LogP contribution in [-0.2, 0) is 11.8 Å². The predicted molar refractivity (Wildman–Crippen MR) is 76.5 cm³/mol. The van der Waals surface area contributed by atoms with Crippen LogP contribution in [0.4, 0.5) is 5.95 Å². The minimum absolute atomic E-state index is 0.137. The number of ether oxygens (including phenoxy) is 1. The van der Waals surface area contributed by atoms with Gasteiger partial charge in [0.1, 0.15) is 0 Å². The fraction of sp³-hybridized carbons (Fsp3) is 0.786. The molecule has 116 valence electrons. The first-order chi connectivity index (χ1) is 10.1. The van der Waals surface area contributed by atoms with Gasteiger partial charge in [-0.2, -0.15) is 4.98 Å². The van der Waals surface area contributed by atoms with Crippen molar-refractivity contribution in [3.63, 3.8) is 0 Å². The monoisotopic (exact) mass is 294 g/mol. The fourth-order valence-corrected chi connectivity index (χ4v) is 4.01. The minimum Gasteiger partial charge on any atom is -0.475 e. The third-order valence-electron chi connectivity index (χ3n) is 4.93. The first-order valence-corrected chi connectivity index (χ1v) is 7.48. The van der Waals surface area contributed by atoms with Crippen LogP contribution in [0.1, 0.15) is 42.7 Å². The molecule has 0 bridgehead atoms. The third-order valence-corrected chi connectivity index (χ3v) is 4.93. The lowest BCUT2D eigenvalue weighted by atomic mass is 9.76. The molecule has 0 amide bonds. The molecule has 1 saturated carbocycles. The minimum atomic E-state index is -1.08. The van der Waals surface area contributed by atoms with Gasteiger partial charge in [-0.05, 0) is 25.7 Å². The Morgan fingerprint density at radius 1 is 1.43 bits per heavy atom. The molecule has 1 aliphatic heterocycles. The number of carboxylic acids is 1. The van der Waals surface area contributed by atoms with Crippen LogP contribution in [0.5, 0.6) is 0 Å². The Morgan fingerprint density at radius 2 is 2.19 bits per heavy atom. The number of nitrogens with zero attached hydrogens (tertiary/aromatic N) is 4. The lowest BCUT2D eigenvalue weighted by molar-refractivity contribution is 0.00195. The third kappa shape index (κ3) is 2.39. The molecule has 0 unspecified atom stereocenters. The number of anilines is 1. The molecule has 21 heavy (non-hydrogen) atoms. The molecule has 7 heteroatoms. The van der Waals surface area contributed by atoms with Gasteiger partial charge in [-0.1, -0.05) is 6.42 Å². The van der Waals surface area contributed by atoms with E-state index in [1.165, 1.54) is 19.3 Å². The molecule has 7 nitrogen and oxygen atoms in total. The number of hydrogen-bond acceptors (Lipinski definition) is 5. The van der Waals surface area contributed by atoms with Crippen LogP contribution in [0.25, 0.3) is 0 Å². The summed E-state index contributed by atoms with van der Waals surface area (Å²) in [5.41, 5.74) is 0.183. The number of carboxylic acid groups (broad SMARTS) is 1. The maximum atomic E-state index is 11.0. The summed E-state index contributed by atoms with van der Waals surface area (Å²) in [7, 11) is 3.54. The molecule has 1 aromatic rings. The Labute approximate surface area is 123 Å². The van der Waals surface area contributed by atoms with Crippen LogP contribution in [0, 0.1) is 5.41 Å². The summed E-state index contributed by atoms with van der Waals surface area (Å²) in [5, 5.41) is 13.0. The predicted octanol–water partition coefficient (Wildman–Crippen LogP) is 1.30. The van der Waals surface area contributed by atoms with Crippen molar-refractivity contribution in [2.75, 3.05) is 25.1 Å². The number of hydrogen-bond donors (Lipinski definition) is 1. The Kier molecular flexibility index (Phi) is 3.61. The zero-order valence-corrected chi connectivity index (χ0v) is 12.6. The molecule has 0 aromatic carbocycles. The first kappa shape index (κ1) is 14.3. The smallest absolute Gasteiger partial charge is 0.375 e. The number of aromatic nitrogens is 3. The van der Waals surface area contributed by atoms with E-state index in [9.17, 15) is 4.79 Å². The van der Waals surface area contributed by atoms with Crippen molar-refractivity contribution < 1.29 is 14.6 Å². The maximum absolute atomic E-state index is 11.0. The Morgan fingerprint density at radius 3 is 2.86 bits per heavy atom. The average Bonchev–Trinajstić information content (AvgIpc) is 3.03. The standard InChI is InChI=1S/C14H22N4O3/c1-17-13(15-11(16-17)12(19)20)18-8-4-7-14(9-18)6-3-5-10(14)21-2/h10H,3-9H2,1-2H3,(H,19,20)/t10-,14+/m1/s1. The molecule has 1 aliphatic carbocycles. The molecule has 2 aliphatic rings. The summed E-state index contributed by atoms with van der Waals surface area (Å²) in [4.78, 5) is 17.4. The molecule has 1 aromatic heterocycles. The van der Waals surface area contributed by atoms with Crippen molar-refractivity contribution in [2.45, 2.75) is 38.2 Å². The lowest BCUT2D eigenvalue weighted by Gasteiger charge is -2.43. The zero-order chi connectivity index (χ0) is 15.0. The van der Waals surface area contributed by atoms with Crippen LogP contribution in [0.2, 0.25) is 0 Å². The largest absolute Gasteiger partial charge is 0.475 e. The molecular formula is C14H22N4O3. The van der Waals surface area contributed by atoms with Gasteiger partial charge in [0.2, 0.25) is 5.95 Å². The van der Waals surface area contributed by atoms with E-state index in [2.05, 4.69) is 15.0 Å². The first-order valence-electron chi connectivity index (χ1n) is 7.48. The maximum Gasteiger partial charge on any atom is 0.375 e. The molecule has 1 saturated heterocycles. The van der Waals surface area contributed by atoms with Crippen LogP contribution in [-0.4, -0.2) is 52.1 Å². The number of rotatable bonds is 3. The van der Waals surface area contributed by atoms with Gasteiger partial charge < -0.3 is 14.7 Å². The van der Waals surface area contributed by atoms with E-state index < -0.39 is 5.97 Å². The van der Waals surface area contributed by atoms with E-state index in [1.54, 1.807) is 18.8 Å². The molecule has 1 N–H and O–H groups in total. The average molecular weight is 294 g/mol. The molecule has 3 rings (SSSR count). The van der Waals surface area contributed by atoms with Crippen LogP contribution in [0.3, 0.4) is 0 Å². The van der Waals surface area contributed by atoms with Gasteiger partial charge in [0.15, 0.2) is 0 Å². The highest BCUT2D eigenvalue weighted by molar-refractivity contribution is 5.83. The van der Waals surface area contributed by atoms with E-state index in [0.29, 0.717) is 12.1 Å². The summed E-state index contributed by atoms with van der Waals surface area (Å²) in [5.74, 6) is -0.575. The molecule has 0 radical (unpaired) electrons. The molecule has 2 heterocycles. The number of carbonyl (C=O) groups is 1. The summed E-state index contributed by atoms with van der Waals surface area (Å²) >= 11 is 0. The van der Waals surface area contributed by atoms with Gasteiger partial charge in [-0.15, -0.1) is 5.10 Å². The van der Waals surface area contributed by atoms with Gasteiger partial charge in [0, 0.05) is 32.7 Å². The Hall–Kier alpha value is -1.63. The second-order valence-corrected chi connectivity index (χ2v) is 6.17. The van der Waals surface area contributed by atoms with E-state index in [1.807, 2.05) is 0 Å². The summed E-state index contributed by atoms with van der Waals surface area (Å²) < 4.78 is 7.27. The van der Waals surface area contributed by atoms with Gasteiger partial charge in [0.25, 0.3) is 5.82 Å². The van der Waals surface area contributed by atoms with Crippen molar-refractivity contribution in [3.05, 3.63) is 5.82 Å². The second kappa shape index (κ2) is 5.29. The van der Waals surface area contributed by atoms with E-state index in [-0.39, 0.29) is 11.2 Å². The van der Waals surface area contributed by atoms with Crippen molar-refractivity contribution >= 4 is 11.9 Å². The summed E-state index contributed by atoms with van der Waals surface area (Å²) in [6.45, 7) is 1.76. The number of aromatic carboxylic acids is 1. The van der Waals surface area contributed by atoms with Crippen molar-refractivity contribution in [3.8, 4) is 0 Å². The molecule has 2 atom stereocenters.